The van der Waals surface area contributed by atoms with Gasteiger partial charge in [-0.1, -0.05) is 12.1 Å². The average molecular weight is 231 g/mol. The van der Waals surface area contributed by atoms with E-state index < -0.39 is 0 Å². The number of fused-ring (bicyclic) bond motifs is 1. The lowest BCUT2D eigenvalue weighted by Crippen LogP contribution is -2.29. The predicted molar refractivity (Wildman–Crippen MR) is 62.4 cm³/mol. The van der Waals surface area contributed by atoms with Gasteiger partial charge in [0.25, 0.3) is 5.91 Å². The number of aliphatic hydroxyl groups excluding tert-OH is 1. The van der Waals surface area contributed by atoms with E-state index in [4.69, 9.17) is 0 Å². The SMILES string of the molecule is O=C1C(O)=C(c2ccc(O)cc2)[C@H]2CCCN12. The molecule has 88 valence electrons. The fourth-order valence-electron chi connectivity index (χ4n) is 2.69. The Labute approximate surface area is 98.8 Å². The number of aromatic hydroxyl groups is 1. The zero-order valence-corrected chi connectivity index (χ0v) is 9.26. The zero-order valence-electron chi connectivity index (χ0n) is 9.26. The summed E-state index contributed by atoms with van der Waals surface area (Å²) >= 11 is 0. The van der Waals surface area contributed by atoms with E-state index >= 15 is 0 Å². The summed E-state index contributed by atoms with van der Waals surface area (Å²) in [7, 11) is 0. The summed E-state index contributed by atoms with van der Waals surface area (Å²) < 4.78 is 0. The molecule has 0 radical (unpaired) electrons. The van der Waals surface area contributed by atoms with Gasteiger partial charge in [-0.25, -0.2) is 0 Å². The van der Waals surface area contributed by atoms with Crippen molar-refractivity contribution in [1.29, 1.82) is 0 Å². The van der Waals surface area contributed by atoms with Crippen LogP contribution in [0, 0.1) is 0 Å². The molecule has 1 atom stereocenters. The monoisotopic (exact) mass is 231 g/mol. The molecule has 2 aliphatic rings. The fourth-order valence-corrected chi connectivity index (χ4v) is 2.69. The van der Waals surface area contributed by atoms with Gasteiger partial charge in [-0.15, -0.1) is 0 Å². The molecule has 3 rings (SSSR count). The highest BCUT2D eigenvalue weighted by Gasteiger charge is 2.42. The van der Waals surface area contributed by atoms with Crippen molar-refractivity contribution < 1.29 is 15.0 Å². The van der Waals surface area contributed by atoms with Crippen LogP contribution in [-0.4, -0.2) is 33.6 Å². The fraction of sp³-hybridized carbons (Fsp3) is 0.308. The molecule has 0 spiro atoms. The van der Waals surface area contributed by atoms with Gasteiger partial charge < -0.3 is 15.1 Å². The number of rotatable bonds is 1. The van der Waals surface area contributed by atoms with Crippen LogP contribution < -0.4 is 0 Å². The Balaban J connectivity index is 2.07. The van der Waals surface area contributed by atoms with Gasteiger partial charge in [0, 0.05) is 12.1 Å². The maximum absolute atomic E-state index is 11.8. The molecular weight excluding hydrogens is 218 g/mol. The van der Waals surface area contributed by atoms with Crippen molar-refractivity contribution in [3.8, 4) is 5.75 Å². The largest absolute Gasteiger partial charge is 0.508 e. The van der Waals surface area contributed by atoms with E-state index in [0.29, 0.717) is 5.57 Å². The highest BCUT2D eigenvalue weighted by molar-refractivity contribution is 6.05. The minimum atomic E-state index is -0.268. The van der Waals surface area contributed by atoms with E-state index in [1.165, 1.54) is 0 Å². The van der Waals surface area contributed by atoms with Crippen molar-refractivity contribution in [2.75, 3.05) is 6.54 Å². The molecule has 0 saturated carbocycles. The number of nitrogens with zero attached hydrogens (tertiary/aromatic N) is 1. The van der Waals surface area contributed by atoms with Gasteiger partial charge in [0.1, 0.15) is 5.75 Å². The van der Waals surface area contributed by atoms with Crippen LogP contribution in [0.5, 0.6) is 5.75 Å². The molecule has 0 bridgehead atoms. The predicted octanol–water partition coefficient (Wildman–Crippen LogP) is 1.67. The van der Waals surface area contributed by atoms with Crippen molar-refractivity contribution in [1.82, 2.24) is 4.90 Å². The van der Waals surface area contributed by atoms with Gasteiger partial charge in [-0.05, 0) is 30.5 Å². The zero-order chi connectivity index (χ0) is 12.0. The van der Waals surface area contributed by atoms with Crippen molar-refractivity contribution in [2.24, 2.45) is 0 Å². The molecular formula is C13H13NO3. The molecule has 1 saturated heterocycles. The third-order valence-corrected chi connectivity index (χ3v) is 3.48. The molecule has 0 aliphatic carbocycles. The summed E-state index contributed by atoms with van der Waals surface area (Å²) in [5, 5.41) is 19.2. The number of hydrogen-bond acceptors (Lipinski definition) is 3. The van der Waals surface area contributed by atoms with E-state index in [0.717, 1.165) is 24.9 Å². The summed E-state index contributed by atoms with van der Waals surface area (Å²) in [6, 6.07) is 6.61. The summed E-state index contributed by atoms with van der Waals surface area (Å²) in [6.07, 6.45) is 1.87. The highest BCUT2D eigenvalue weighted by Crippen LogP contribution is 2.38. The number of carbonyl (C=O) groups excluding carboxylic acids is 1. The lowest BCUT2D eigenvalue weighted by atomic mass is 9.98. The van der Waals surface area contributed by atoms with E-state index in [1.807, 2.05) is 0 Å². The summed E-state index contributed by atoms with van der Waals surface area (Å²) in [5.41, 5.74) is 1.51. The van der Waals surface area contributed by atoms with Crippen LogP contribution in [0.4, 0.5) is 0 Å². The summed E-state index contributed by atoms with van der Waals surface area (Å²) in [5.74, 6) is -0.225. The second-order valence-corrected chi connectivity index (χ2v) is 4.47. The maximum Gasteiger partial charge on any atom is 0.289 e. The Kier molecular flexibility index (Phi) is 2.11. The minimum absolute atomic E-state index is 0.00652. The molecule has 4 heteroatoms. The molecule has 2 heterocycles. The molecule has 0 unspecified atom stereocenters. The molecule has 1 aromatic rings. The first-order chi connectivity index (χ1) is 8.18. The smallest absolute Gasteiger partial charge is 0.289 e. The standard InChI is InChI=1S/C13H13NO3/c15-9-5-3-8(4-6-9)11-10-2-1-7-14(10)13(17)12(11)16/h3-6,10,15-16H,1-2,7H2/t10-/m1/s1. The van der Waals surface area contributed by atoms with E-state index in [2.05, 4.69) is 0 Å². The van der Waals surface area contributed by atoms with Gasteiger partial charge in [0.15, 0.2) is 5.76 Å². The molecule has 0 aromatic heterocycles. The first-order valence-corrected chi connectivity index (χ1v) is 5.72. The summed E-state index contributed by atoms with van der Waals surface area (Å²) in [6.45, 7) is 0.717. The Morgan fingerprint density at radius 2 is 1.88 bits per heavy atom. The number of amides is 1. The van der Waals surface area contributed by atoms with Crippen LogP contribution in [0.2, 0.25) is 0 Å². The van der Waals surface area contributed by atoms with Crippen LogP contribution in [0.25, 0.3) is 5.57 Å². The van der Waals surface area contributed by atoms with E-state index in [1.54, 1.807) is 29.2 Å². The topological polar surface area (TPSA) is 60.8 Å². The number of phenolic OH excluding ortho intramolecular Hbond substituents is 1. The molecule has 2 N–H and O–H groups in total. The van der Waals surface area contributed by atoms with E-state index in [9.17, 15) is 15.0 Å². The number of phenols is 1. The van der Waals surface area contributed by atoms with Crippen molar-refractivity contribution >= 4 is 11.5 Å². The summed E-state index contributed by atoms with van der Waals surface area (Å²) in [4.78, 5) is 13.5. The minimum Gasteiger partial charge on any atom is -0.508 e. The highest BCUT2D eigenvalue weighted by atomic mass is 16.3. The van der Waals surface area contributed by atoms with Crippen molar-refractivity contribution in [3.63, 3.8) is 0 Å². The number of carbonyl (C=O) groups is 1. The van der Waals surface area contributed by atoms with Crippen molar-refractivity contribution in [2.45, 2.75) is 18.9 Å². The molecule has 1 amide bonds. The lowest BCUT2D eigenvalue weighted by molar-refractivity contribution is -0.128. The van der Waals surface area contributed by atoms with Gasteiger partial charge in [0.05, 0.1) is 6.04 Å². The lowest BCUT2D eigenvalue weighted by Gasteiger charge is -2.17. The quantitative estimate of drug-likeness (QED) is 0.772. The Hall–Kier alpha value is -1.97. The molecule has 4 nitrogen and oxygen atoms in total. The van der Waals surface area contributed by atoms with Crippen LogP contribution in [0.3, 0.4) is 0 Å². The Bertz CT molecular complexity index is 504. The molecule has 2 aliphatic heterocycles. The van der Waals surface area contributed by atoms with Crippen LogP contribution >= 0.6 is 0 Å². The Morgan fingerprint density at radius 3 is 2.59 bits per heavy atom. The van der Waals surface area contributed by atoms with Gasteiger partial charge in [-0.2, -0.15) is 0 Å². The molecule has 1 fully saturated rings. The molecule has 17 heavy (non-hydrogen) atoms. The third-order valence-electron chi connectivity index (χ3n) is 3.48. The first kappa shape index (κ1) is 10.2. The number of hydrogen-bond donors (Lipinski definition) is 2. The van der Waals surface area contributed by atoms with E-state index in [-0.39, 0.29) is 23.5 Å². The van der Waals surface area contributed by atoms with Crippen LogP contribution in [0.1, 0.15) is 18.4 Å². The number of aliphatic hydroxyl groups is 1. The normalized spacial score (nSPS) is 23.4. The average Bonchev–Trinajstić information content (AvgIpc) is 2.87. The first-order valence-electron chi connectivity index (χ1n) is 5.72. The van der Waals surface area contributed by atoms with Crippen LogP contribution in [0.15, 0.2) is 30.0 Å². The maximum atomic E-state index is 11.8. The second-order valence-electron chi connectivity index (χ2n) is 4.47. The second kappa shape index (κ2) is 3.52. The van der Waals surface area contributed by atoms with Crippen LogP contribution in [-0.2, 0) is 4.79 Å². The Morgan fingerprint density at radius 1 is 1.18 bits per heavy atom. The molecule has 1 aromatic carbocycles. The number of benzene rings is 1. The third kappa shape index (κ3) is 1.40. The van der Waals surface area contributed by atoms with Gasteiger partial charge >= 0.3 is 0 Å². The van der Waals surface area contributed by atoms with Gasteiger partial charge in [0.2, 0.25) is 0 Å². The van der Waals surface area contributed by atoms with Crippen molar-refractivity contribution in [3.05, 3.63) is 35.6 Å². The van der Waals surface area contributed by atoms with Gasteiger partial charge in [-0.3, -0.25) is 4.79 Å².